The normalized spacial score (nSPS) is 22.4. The topological polar surface area (TPSA) is 52.0 Å². The van der Waals surface area contributed by atoms with Gasteiger partial charge in [0.05, 0.1) is 6.04 Å². The zero-order chi connectivity index (χ0) is 9.10. The molecule has 2 rings (SSSR count). The molecule has 1 aromatic rings. The van der Waals surface area contributed by atoms with E-state index in [1.54, 1.807) is 13.4 Å². The van der Waals surface area contributed by atoms with E-state index in [4.69, 9.17) is 4.74 Å². The first-order valence-corrected chi connectivity index (χ1v) is 4.50. The van der Waals surface area contributed by atoms with Crippen LogP contribution in [0, 0.1) is 0 Å². The fourth-order valence-corrected chi connectivity index (χ4v) is 1.68. The Morgan fingerprint density at radius 3 is 3.38 bits per heavy atom. The molecular formula is C8H14N4O. The minimum atomic E-state index is 0.500. The smallest absolute Gasteiger partial charge is 0.159 e. The first kappa shape index (κ1) is 8.65. The lowest BCUT2D eigenvalue weighted by Crippen LogP contribution is -2.15. The molecule has 5 heteroatoms. The van der Waals surface area contributed by atoms with Crippen LogP contribution in [0.1, 0.15) is 18.3 Å². The van der Waals surface area contributed by atoms with Gasteiger partial charge in [0.15, 0.2) is 5.82 Å². The van der Waals surface area contributed by atoms with Crippen LogP contribution in [0.25, 0.3) is 0 Å². The minimum Gasteiger partial charge on any atom is -0.377 e. The Bertz CT molecular complexity index is 267. The number of hydrogen-bond donors (Lipinski definition) is 1. The van der Waals surface area contributed by atoms with Gasteiger partial charge in [-0.1, -0.05) is 0 Å². The second kappa shape index (κ2) is 3.85. The molecule has 72 valence electrons. The van der Waals surface area contributed by atoms with Crippen LogP contribution < -0.4 is 5.32 Å². The van der Waals surface area contributed by atoms with Crippen LogP contribution in [0.4, 0.5) is 0 Å². The molecule has 1 aliphatic rings. The lowest BCUT2D eigenvalue weighted by molar-refractivity contribution is 0.172. The molecule has 1 N–H and O–H groups in total. The molecule has 5 nitrogen and oxygen atoms in total. The zero-order valence-electron chi connectivity index (χ0n) is 7.73. The predicted molar refractivity (Wildman–Crippen MR) is 47.3 cm³/mol. The third kappa shape index (κ3) is 1.71. The van der Waals surface area contributed by atoms with E-state index in [0.29, 0.717) is 12.6 Å². The molecule has 1 fully saturated rings. The maximum absolute atomic E-state index is 5.04. The van der Waals surface area contributed by atoms with Crippen molar-refractivity contribution in [2.24, 2.45) is 0 Å². The SMILES string of the molecule is COCc1nncn1C1CCNC1. The molecule has 1 atom stereocenters. The van der Waals surface area contributed by atoms with Crippen molar-refractivity contribution in [2.75, 3.05) is 20.2 Å². The maximum Gasteiger partial charge on any atom is 0.159 e. The van der Waals surface area contributed by atoms with Gasteiger partial charge in [-0.15, -0.1) is 10.2 Å². The van der Waals surface area contributed by atoms with Crippen LogP contribution in [-0.2, 0) is 11.3 Å². The van der Waals surface area contributed by atoms with Crippen molar-refractivity contribution in [3.05, 3.63) is 12.2 Å². The van der Waals surface area contributed by atoms with Crippen molar-refractivity contribution >= 4 is 0 Å². The molecule has 0 aromatic carbocycles. The van der Waals surface area contributed by atoms with Gasteiger partial charge in [-0.3, -0.25) is 0 Å². The fourth-order valence-electron chi connectivity index (χ4n) is 1.68. The average molecular weight is 182 g/mol. The predicted octanol–water partition coefficient (Wildman–Crippen LogP) is -0.0411. The summed E-state index contributed by atoms with van der Waals surface area (Å²) >= 11 is 0. The molecule has 0 radical (unpaired) electrons. The summed E-state index contributed by atoms with van der Waals surface area (Å²) in [4.78, 5) is 0. The number of nitrogens with zero attached hydrogens (tertiary/aromatic N) is 3. The Kier molecular flexibility index (Phi) is 2.56. The number of nitrogens with one attached hydrogen (secondary N) is 1. The van der Waals surface area contributed by atoms with E-state index in [1.165, 1.54) is 0 Å². The van der Waals surface area contributed by atoms with Gasteiger partial charge in [-0.25, -0.2) is 0 Å². The largest absolute Gasteiger partial charge is 0.377 e. The van der Waals surface area contributed by atoms with Gasteiger partial charge >= 0.3 is 0 Å². The number of methoxy groups -OCH3 is 1. The first-order chi connectivity index (χ1) is 6.42. The van der Waals surface area contributed by atoms with Gasteiger partial charge in [-0.2, -0.15) is 0 Å². The third-order valence-corrected chi connectivity index (χ3v) is 2.35. The van der Waals surface area contributed by atoms with Crippen molar-refractivity contribution < 1.29 is 4.74 Å². The van der Waals surface area contributed by atoms with Crippen molar-refractivity contribution in [3.8, 4) is 0 Å². The molecule has 0 bridgehead atoms. The van der Waals surface area contributed by atoms with E-state index in [9.17, 15) is 0 Å². The Balaban J connectivity index is 2.13. The summed E-state index contributed by atoms with van der Waals surface area (Å²) in [6, 6.07) is 0.500. The Labute approximate surface area is 77.1 Å². The molecule has 13 heavy (non-hydrogen) atoms. The maximum atomic E-state index is 5.04. The Morgan fingerprint density at radius 2 is 2.69 bits per heavy atom. The fraction of sp³-hybridized carbons (Fsp3) is 0.750. The van der Waals surface area contributed by atoms with Gasteiger partial charge in [0.1, 0.15) is 12.9 Å². The van der Waals surface area contributed by atoms with Gasteiger partial charge in [-0.05, 0) is 13.0 Å². The molecule has 0 amide bonds. The summed E-state index contributed by atoms with van der Waals surface area (Å²) in [5, 5.41) is 11.2. The van der Waals surface area contributed by atoms with Gasteiger partial charge in [0.2, 0.25) is 0 Å². The summed E-state index contributed by atoms with van der Waals surface area (Å²) in [6.07, 6.45) is 2.93. The highest BCUT2D eigenvalue weighted by Gasteiger charge is 2.18. The van der Waals surface area contributed by atoms with Gasteiger partial charge in [0, 0.05) is 13.7 Å². The lowest BCUT2D eigenvalue weighted by Gasteiger charge is -2.11. The molecule has 1 aromatic heterocycles. The summed E-state index contributed by atoms with van der Waals surface area (Å²) in [5.41, 5.74) is 0. The molecule has 1 saturated heterocycles. The first-order valence-electron chi connectivity index (χ1n) is 4.50. The molecule has 0 aliphatic carbocycles. The molecule has 0 spiro atoms. The van der Waals surface area contributed by atoms with E-state index >= 15 is 0 Å². The average Bonchev–Trinajstić information content (AvgIpc) is 2.71. The molecule has 2 heterocycles. The second-order valence-corrected chi connectivity index (χ2v) is 3.23. The van der Waals surface area contributed by atoms with E-state index in [1.807, 2.05) is 0 Å². The molecule has 1 aliphatic heterocycles. The van der Waals surface area contributed by atoms with E-state index in [-0.39, 0.29) is 0 Å². The third-order valence-electron chi connectivity index (χ3n) is 2.35. The van der Waals surface area contributed by atoms with Crippen LogP contribution in [0.2, 0.25) is 0 Å². The van der Waals surface area contributed by atoms with E-state index in [0.717, 1.165) is 25.3 Å². The van der Waals surface area contributed by atoms with Crippen LogP contribution in [0.5, 0.6) is 0 Å². The van der Waals surface area contributed by atoms with Crippen LogP contribution in [-0.4, -0.2) is 35.0 Å². The standard InChI is InChI=1S/C8H14N4O/c1-13-5-8-11-10-6-12(8)7-2-3-9-4-7/h6-7,9H,2-5H2,1H3. The number of hydrogen-bond acceptors (Lipinski definition) is 4. The summed E-state index contributed by atoms with van der Waals surface area (Å²) in [5.74, 6) is 0.913. The van der Waals surface area contributed by atoms with E-state index < -0.39 is 0 Å². The van der Waals surface area contributed by atoms with Crippen molar-refractivity contribution in [2.45, 2.75) is 19.1 Å². The van der Waals surface area contributed by atoms with Gasteiger partial charge in [0.25, 0.3) is 0 Å². The Morgan fingerprint density at radius 1 is 1.77 bits per heavy atom. The van der Waals surface area contributed by atoms with Crippen molar-refractivity contribution in [3.63, 3.8) is 0 Å². The van der Waals surface area contributed by atoms with Crippen LogP contribution in [0.15, 0.2) is 6.33 Å². The molecule has 1 unspecified atom stereocenters. The van der Waals surface area contributed by atoms with Crippen LogP contribution in [0.3, 0.4) is 0 Å². The van der Waals surface area contributed by atoms with Crippen molar-refractivity contribution in [1.82, 2.24) is 20.1 Å². The zero-order valence-corrected chi connectivity index (χ0v) is 7.73. The van der Waals surface area contributed by atoms with Gasteiger partial charge < -0.3 is 14.6 Å². The highest BCUT2D eigenvalue weighted by molar-refractivity contribution is 4.90. The minimum absolute atomic E-state index is 0.500. The lowest BCUT2D eigenvalue weighted by atomic mass is 10.2. The quantitative estimate of drug-likeness (QED) is 0.712. The summed E-state index contributed by atoms with van der Waals surface area (Å²) in [6.45, 7) is 2.63. The van der Waals surface area contributed by atoms with E-state index in [2.05, 4.69) is 20.1 Å². The number of aromatic nitrogens is 3. The Hall–Kier alpha value is -0.940. The summed E-state index contributed by atoms with van der Waals surface area (Å²) < 4.78 is 7.14. The second-order valence-electron chi connectivity index (χ2n) is 3.23. The number of ether oxygens (including phenoxy) is 1. The highest BCUT2D eigenvalue weighted by atomic mass is 16.5. The molecular weight excluding hydrogens is 168 g/mol. The van der Waals surface area contributed by atoms with Crippen LogP contribution >= 0.6 is 0 Å². The number of rotatable bonds is 3. The van der Waals surface area contributed by atoms with Crippen molar-refractivity contribution in [1.29, 1.82) is 0 Å². The monoisotopic (exact) mass is 182 g/mol. The highest BCUT2D eigenvalue weighted by Crippen LogP contribution is 2.16. The molecule has 0 saturated carbocycles. The summed E-state index contributed by atoms with van der Waals surface area (Å²) in [7, 11) is 1.67.